The van der Waals surface area contributed by atoms with E-state index in [4.69, 9.17) is 10.8 Å². The maximum absolute atomic E-state index is 11.9. The first kappa shape index (κ1) is 16.0. The number of aliphatic carboxylic acids is 1. The Morgan fingerprint density at radius 3 is 2.35 bits per heavy atom. The lowest BCUT2D eigenvalue weighted by molar-refractivity contribution is -0.138. The molecule has 0 aliphatic carbocycles. The molecule has 0 aliphatic heterocycles. The highest BCUT2D eigenvalue weighted by molar-refractivity contribution is 5.83. The molecule has 0 fully saturated rings. The fourth-order valence-corrected chi connectivity index (χ4v) is 1.83. The summed E-state index contributed by atoms with van der Waals surface area (Å²) < 4.78 is 0. The van der Waals surface area contributed by atoms with Crippen molar-refractivity contribution in [3.05, 3.63) is 29.8 Å². The minimum absolute atomic E-state index is 0.148. The van der Waals surface area contributed by atoms with Gasteiger partial charge in [0.15, 0.2) is 0 Å². The van der Waals surface area contributed by atoms with Crippen LogP contribution in [0.25, 0.3) is 0 Å². The van der Waals surface area contributed by atoms with Gasteiger partial charge < -0.3 is 21.3 Å². The molecule has 6 heteroatoms. The number of phenolic OH excluding ortho intramolecular Hbond substituents is 1. The van der Waals surface area contributed by atoms with Crippen LogP contribution in [0.1, 0.15) is 25.8 Å². The number of rotatable bonds is 6. The van der Waals surface area contributed by atoms with Gasteiger partial charge in [-0.2, -0.15) is 0 Å². The molecule has 0 saturated heterocycles. The van der Waals surface area contributed by atoms with Gasteiger partial charge in [-0.3, -0.25) is 9.59 Å². The van der Waals surface area contributed by atoms with Crippen molar-refractivity contribution < 1.29 is 19.8 Å². The quantitative estimate of drug-likeness (QED) is 0.610. The monoisotopic (exact) mass is 280 g/mol. The lowest BCUT2D eigenvalue weighted by Crippen LogP contribution is -2.52. The van der Waals surface area contributed by atoms with Crippen LogP contribution in [0.4, 0.5) is 0 Å². The number of benzene rings is 1. The third-order valence-electron chi connectivity index (χ3n) is 2.78. The van der Waals surface area contributed by atoms with Gasteiger partial charge in [-0.1, -0.05) is 12.1 Å². The molecule has 1 aromatic carbocycles. The number of hydrogen-bond acceptors (Lipinski definition) is 4. The summed E-state index contributed by atoms with van der Waals surface area (Å²) in [5.41, 5.74) is 5.77. The molecular formula is C14H20N2O4. The van der Waals surface area contributed by atoms with Crippen LogP contribution in [0.15, 0.2) is 24.3 Å². The SMILES string of the molecule is CC(C)(CC(=O)O)NC(=O)[C@@H](N)Cc1ccc(O)cc1. The second-order valence-corrected chi connectivity index (χ2v) is 5.42. The highest BCUT2D eigenvalue weighted by Crippen LogP contribution is 2.12. The summed E-state index contributed by atoms with van der Waals surface area (Å²) in [4.78, 5) is 22.6. The molecule has 1 aromatic rings. The zero-order chi connectivity index (χ0) is 15.3. The maximum Gasteiger partial charge on any atom is 0.305 e. The van der Waals surface area contributed by atoms with E-state index in [0.29, 0.717) is 6.42 Å². The zero-order valence-electron chi connectivity index (χ0n) is 11.6. The number of carboxylic acids is 1. The number of phenols is 1. The standard InChI is InChI=1S/C14H20N2O4/c1-14(2,8-12(18)19)16-13(20)11(15)7-9-3-5-10(17)6-4-9/h3-6,11,17H,7-8,15H2,1-2H3,(H,16,20)(H,18,19)/t11-/m0/s1. The molecule has 1 rings (SSSR count). The van der Waals surface area contributed by atoms with Gasteiger partial charge in [0.2, 0.25) is 5.91 Å². The maximum atomic E-state index is 11.9. The molecule has 0 unspecified atom stereocenters. The van der Waals surface area contributed by atoms with E-state index in [1.54, 1.807) is 26.0 Å². The van der Waals surface area contributed by atoms with Crippen molar-refractivity contribution in [3.8, 4) is 5.75 Å². The number of carbonyl (C=O) groups is 2. The number of nitrogens with two attached hydrogens (primary N) is 1. The average molecular weight is 280 g/mol. The minimum atomic E-state index is -0.984. The molecule has 110 valence electrons. The van der Waals surface area contributed by atoms with Crippen LogP contribution in [0.3, 0.4) is 0 Å². The molecule has 20 heavy (non-hydrogen) atoms. The normalized spacial score (nSPS) is 12.8. The molecule has 0 aromatic heterocycles. The van der Waals surface area contributed by atoms with E-state index in [2.05, 4.69) is 5.32 Å². The number of nitrogens with one attached hydrogen (secondary N) is 1. The molecule has 1 atom stereocenters. The minimum Gasteiger partial charge on any atom is -0.508 e. The van der Waals surface area contributed by atoms with Gasteiger partial charge >= 0.3 is 5.97 Å². The highest BCUT2D eigenvalue weighted by Gasteiger charge is 2.26. The summed E-state index contributed by atoms with van der Waals surface area (Å²) in [6.45, 7) is 3.26. The number of amides is 1. The van der Waals surface area contributed by atoms with Gasteiger partial charge in [0.05, 0.1) is 12.5 Å². The molecule has 0 spiro atoms. The number of hydrogen-bond donors (Lipinski definition) is 4. The van der Waals surface area contributed by atoms with Crippen LogP contribution < -0.4 is 11.1 Å². The number of aromatic hydroxyl groups is 1. The Kier molecular flexibility index (Phi) is 5.10. The van der Waals surface area contributed by atoms with Gasteiger partial charge in [0, 0.05) is 5.54 Å². The predicted octanol–water partition coefficient (Wildman–Crippen LogP) is 0.632. The van der Waals surface area contributed by atoms with Gasteiger partial charge in [0.25, 0.3) is 0 Å². The summed E-state index contributed by atoms with van der Waals surface area (Å²) in [6, 6.07) is 5.64. The van der Waals surface area contributed by atoms with Crippen LogP contribution in [-0.2, 0) is 16.0 Å². The fourth-order valence-electron chi connectivity index (χ4n) is 1.83. The topological polar surface area (TPSA) is 113 Å². The Hall–Kier alpha value is -2.08. The van der Waals surface area contributed by atoms with Crippen molar-refractivity contribution >= 4 is 11.9 Å². The molecule has 0 saturated carbocycles. The smallest absolute Gasteiger partial charge is 0.305 e. The van der Waals surface area contributed by atoms with Crippen LogP contribution in [-0.4, -0.2) is 33.7 Å². The van der Waals surface area contributed by atoms with Crippen molar-refractivity contribution in [3.63, 3.8) is 0 Å². The first-order valence-corrected chi connectivity index (χ1v) is 6.27. The summed E-state index contributed by atoms with van der Waals surface area (Å²) in [5, 5.41) is 20.6. The third kappa shape index (κ3) is 5.27. The summed E-state index contributed by atoms with van der Waals surface area (Å²) in [7, 11) is 0. The van der Waals surface area contributed by atoms with Crippen molar-refractivity contribution in [1.82, 2.24) is 5.32 Å². The van der Waals surface area contributed by atoms with E-state index in [1.165, 1.54) is 12.1 Å². The van der Waals surface area contributed by atoms with E-state index in [9.17, 15) is 14.7 Å². The summed E-state index contributed by atoms with van der Waals surface area (Å²) in [6.07, 6.45) is 0.139. The fraction of sp³-hybridized carbons (Fsp3) is 0.429. The third-order valence-corrected chi connectivity index (χ3v) is 2.78. The van der Waals surface area contributed by atoms with E-state index >= 15 is 0 Å². The number of carbonyl (C=O) groups excluding carboxylic acids is 1. The van der Waals surface area contributed by atoms with Gasteiger partial charge in [-0.15, -0.1) is 0 Å². The van der Waals surface area contributed by atoms with Gasteiger partial charge in [-0.05, 0) is 38.0 Å². The van der Waals surface area contributed by atoms with Crippen LogP contribution in [0.2, 0.25) is 0 Å². The molecule has 0 heterocycles. The van der Waals surface area contributed by atoms with Crippen molar-refractivity contribution in [1.29, 1.82) is 0 Å². The molecule has 6 nitrogen and oxygen atoms in total. The molecule has 1 amide bonds. The Labute approximate surface area is 117 Å². The zero-order valence-corrected chi connectivity index (χ0v) is 11.6. The second kappa shape index (κ2) is 6.38. The molecule has 0 aliphatic rings. The highest BCUT2D eigenvalue weighted by atomic mass is 16.4. The van der Waals surface area contributed by atoms with Crippen molar-refractivity contribution in [2.24, 2.45) is 5.73 Å². The lowest BCUT2D eigenvalue weighted by atomic mass is 9.99. The van der Waals surface area contributed by atoms with E-state index in [1.807, 2.05) is 0 Å². The molecule has 0 bridgehead atoms. The Balaban J connectivity index is 2.58. The van der Waals surface area contributed by atoms with E-state index in [-0.39, 0.29) is 12.2 Å². The summed E-state index contributed by atoms with van der Waals surface area (Å²) >= 11 is 0. The van der Waals surface area contributed by atoms with Crippen molar-refractivity contribution in [2.75, 3.05) is 0 Å². The average Bonchev–Trinajstić information content (AvgIpc) is 2.29. The largest absolute Gasteiger partial charge is 0.508 e. The Morgan fingerprint density at radius 1 is 1.30 bits per heavy atom. The van der Waals surface area contributed by atoms with Crippen molar-refractivity contribution in [2.45, 2.75) is 38.3 Å². The second-order valence-electron chi connectivity index (χ2n) is 5.42. The number of carboxylic acid groups (broad SMARTS) is 1. The lowest BCUT2D eigenvalue weighted by Gasteiger charge is -2.26. The van der Waals surface area contributed by atoms with Crippen LogP contribution in [0, 0.1) is 0 Å². The molecule has 5 N–H and O–H groups in total. The van der Waals surface area contributed by atoms with Gasteiger partial charge in [0.1, 0.15) is 5.75 Å². The van der Waals surface area contributed by atoms with Gasteiger partial charge in [-0.25, -0.2) is 0 Å². The molecule has 0 radical (unpaired) electrons. The van der Waals surface area contributed by atoms with E-state index in [0.717, 1.165) is 5.56 Å². The Morgan fingerprint density at radius 2 is 1.85 bits per heavy atom. The first-order valence-electron chi connectivity index (χ1n) is 6.27. The molecular weight excluding hydrogens is 260 g/mol. The Bertz CT molecular complexity index is 482. The predicted molar refractivity (Wildman–Crippen MR) is 74.3 cm³/mol. The van der Waals surface area contributed by atoms with Crippen LogP contribution >= 0.6 is 0 Å². The summed E-state index contributed by atoms with van der Waals surface area (Å²) in [5.74, 6) is -1.24. The first-order chi connectivity index (χ1) is 9.19. The van der Waals surface area contributed by atoms with Crippen LogP contribution in [0.5, 0.6) is 5.75 Å². The van der Waals surface area contributed by atoms with E-state index < -0.39 is 23.5 Å².